The molecule has 0 aliphatic rings. The van der Waals surface area contributed by atoms with E-state index in [1.807, 2.05) is 39.1 Å². The Balaban J connectivity index is 2.31. The molecule has 1 atom stereocenters. The maximum atomic E-state index is 5.70. The molecule has 0 saturated heterocycles. The van der Waals surface area contributed by atoms with Gasteiger partial charge in [-0.25, -0.2) is 0 Å². The molecule has 2 aromatic heterocycles. The molecule has 0 aliphatic carbocycles. The molecule has 0 radical (unpaired) electrons. The third-order valence-corrected chi connectivity index (χ3v) is 3.64. The van der Waals surface area contributed by atoms with Crippen LogP contribution in [0.1, 0.15) is 34.1 Å². The Labute approximate surface area is 125 Å². The number of nitrogens with zero attached hydrogens (tertiary/aromatic N) is 2. The maximum Gasteiger partial charge on any atom is 0.128 e. The van der Waals surface area contributed by atoms with E-state index in [2.05, 4.69) is 15.4 Å². The summed E-state index contributed by atoms with van der Waals surface area (Å²) in [6, 6.07) is 3.92. The molecule has 2 aromatic rings. The summed E-state index contributed by atoms with van der Waals surface area (Å²) >= 11 is 0. The highest BCUT2D eigenvalue weighted by molar-refractivity contribution is 5.41. The van der Waals surface area contributed by atoms with Gasteiger partial charge in [0.05, 0.1) is 18.8 Å². The summed E-state index contributed by atoms with van der Waals surface area (Å²) < 4.78 is 5.45. The first-order valence-corrected chi connectivity index (χ1v) is 6.94. The summed E-state index contributed by atoms with van der Waals surface area (Å²) in [5.74, 6) is 6.59. The lowest BCUT2D eigenvalue weighted by molar-refractivity contribution is 0.406. The van der Waals surface area contributed by atoms with E-state index >= 15 is 0 Å². The summed E-state index contributed by atoms with van der Waals surface area (Å²) in [6.07, 6.45) is 4.29. The zero-order chi connectivity index (χ0) is 15.4. The molecule has 0 spiro atoms. The average molecular weight is 286 g/mol. The van der Waals surface area contributed by atoms with Crippen molar-refractivity contribution in [2.75, 3.05) is 7.11 Å². The summed E-state index contributed by atoms with van der Waals surface area (Å²) in [5, 5.41) is 0. The Morgan fingerprint density at radius 1 is 1.29 bits per heavy atom. The van der Waals surface area contributed by atoms with Gasteiger partial charge in [-0.1, -0.05) is 0 Å². The molecule has 5 nitrogen and oxygen atoms in total. The minimum atomic E-state index is -0.0801. The standard InChI is InChI=1S/C16H22N4O/c1-10-5-6-18-14(7-10)15(20-17)8-13-12(3)16(21-4)11(2)9-19-13/h5-7,9,15,20H,8,17H2,1-4H3. The molecular formula is C16H22N4O. The van der Waals surface area contributed by atoms with Gasteiger partial charge in [-0.3, -0.25) is 21.2 Å². The molecule has 112 valence electrons. The lowest BCUT2D eigenvalue weighted by atomic mass is 10.0. The van der Waals surface area contributed by atoms with Crippen LogP contribution in [0.4, 0.5) is 0 Å². The molecule has 0 aliphatic heterocycles. The first-order chi connectivity index (χ1) is 10.1. The molecule has 0 bridgehead atoms. The largest absolute Gasteiger partial charge is 0.496 e. The van der Waals surface area contributed by atoms with Crippen molar-refractivity contribution in [3.8, 4) is 5.75 Å². The Morgan fingerprint density at radius 3 is 2.67 bits per heavy atom. The van der Waals surface area contributed by atoms with E-state index in [9.17, 15) is 0 Å². The SMILES string of the molecule is COc1c(C)cnc(CC(NN)c2cc(C)ccn2)c1C. The van der Waals surface area contributed by atoms with Crippen molar-refractivity contribution in [3.05, 3.63) is 52.6 Å². The van der Waals surface area contributed by atoms with E-state index in [4.69, 9.17) is 10.6 Å². The highest BCUT2D eigenvalue weighted by Gasteiger charge is 2.17. The summed E-state index contributed by atoms with van der Waals surface area (Å²) in [5.41, 5.74) is 7.94. The second-order valence-electron chi connectivity index (χ2n) is 5.23. The van der Waals surface area contributed by atoms with Crippen molar-refractivity contribution < 1.29 is 4.74 Å². The number of ether oxygens (including phenoxy) is 1. The molecule has 0 fully saturated rings. The molecule has 0 amide bonds. The van der Waals surface area contributed by atoms with Gasteiger partial charge < -0.3 is 4.74 Å². The molecule has 21 heavy (non-hydrogen) atoms. The number of nitrogens with two attached hydrogens (primary N) is 1. The number of rotatable bonds is 5. The molecule has 0 aromatic carbocycles. The first kappa shape index (κ1) is 15.4. The van der Waals surface area contributed by atoms with E-state index in [0.29, 0.717) is 6.42 Å². The van der Waals surface area contributed by atoms with E-state index in [0.717, 1.165) is 33.8 Å². The molecule has 2 rings (SSSR count). The van der Waals surface area contributed by atoms with Crippen LogP contribution in [0.5, 0.6) is 5.75 Å². The van der Waals surface area contributed by atoms with Crippen LogP contribution in [-0.2, 0) is 6.42 Å². The minimum Gasteiger partial charge on any atom is -0.496 e. The van der Waals surface area contributed by atoms with Gasteiger partial charge >= 0.3 is 0 Å². The number of methoxy groups -OCH3 is 1. The van der Waals surface area contributed by atoms with Crippen molar-refractivity contribution in [3.63, 3.8) is 0 Å². The predicted octanol–water partition coefficient (Wildman–Crippen LogP) is 2.16. The molecule has 1 unspecified atom stereocenters. The van der Waals surface area contributed by atoms with Crippen molar-refractivity contribution in [2.24, 2.45) is 5.84 Å². The fraction of sp³-hybridized carbons (Fsp3) is 0.375. The van der Waals surface area contributed by atoms with E-state index in [-0.39, 0.29) is 6.04 Å². The highest BCUT2D eigenvalue weighted by Crippen LogP contribution is 2.26. The predicted molar refractivity (Wildman–Crippen MR) is 83.0 cm³/mol. The topological polar surface area (TPSA) is 73.1 Å². The third kappa shape index (κ3) is 3.37. The number of aryl methyl sites for hydroxylation is 2. The van der Waals surface area contributed by atoms with Gasteiger partial charge in [-0.2, -0.15) is 0 Å². The van der Waals surface area contributed by atoms with E-state index < -0.39 is 0 Å². The van der Waals surface area contributed by atoms with E-state index in [1.165, 1.54) is 0 Å². The van der Waals surface area contributed by atoms with Gasteiger partial charge in [0, 0.05) is 35.6 Å². The summed E-state index contributed by atoms with van der Waals surface area (Å²) in [7, 11) is 1.68. The number of pyridine rings is 2. The van der Waals surface area contributed by atoms with Gasteiger partial charge in [0.25, 0.3) is 0 Å². The molecule has 0 saturated carbocycles. The van der Waals surface area contributed by atoms with Gasteiger partial charge in [0.15, 0.2) is 0 Å². The zero-order valence-corrected chi connectivity index (χ0v) is 13.0. The molecule has 2 heterocycles. The average Bonchev–Trinajstić information content (AvgIpc) is 2.47. The Hall–Kier alpha value is -1.98. The number of hydrazine groups is 1. The Kier molecular flexibility index (Phi) is 4.88. The number of hydrogen-bond donors (Lipinski definition) is 2. The lowest BCUT2D eigenvalue weighted by Gasteiger charge is -2.18. The van der Waals surface area contributed by atoms with Crippen LogP contribution in [0.2, 0.25) is 0 Å². The van der Waals surface area contributed by atoms with Crippen molar-refractivity contribution in [2.45, 2.75) is 33.2 Å². The van der Waals surface area contributed by atoms with Crippen LogP contribution in [0.15, 0.2) is 24.5 Å². The zero-order valence-electron chi connectivity index (χ0n) is 13.0. The number of aromatic nitrogens is 2. The summed E-state index contributed by atoms with van der Waals surface area (Å²) in [6.45, 7) is 6.05. The van der Waals surface area contributed by atoms with Gasteiger partial charge in [-0.05, 0) is 38.5 Å². The smallest absolute Gasteiger partial charge is 0.128 e. The highest BCUT2D eigenvalue weighted by atomic mass is 16.5. The fourth-order valence-electron chi connectivity index (χ4n) is 2.47. The van der Waals surface area contributed by atoms with Crippen molar-refractivity contribution >= 4 is 0 Å². The number of hydrogen-bond acceptors (Lipinski definition) is 5. The maximum absolute atomic E-state index is 5.70. The number of nitrogens with one attached hydrogen (secondary N) is 1. The van der Waals surface area contributed by atoms with Gasteiger partial charge in [0.1, 0.15) is 5.75 Å². The first-order valence-electron chi connectivity index (χ1n) is 6.94. The quantitative estimate of drug-likeness (QED) is 0.651. The minimum absolute atomic E-state index is 0.0801. The van der Waals surface area contributed by atoms with Crippen molar-refractivity contribution in [1.82, 2.24) is 15.4 Å². The van der Waals surface area contributed by atoms with Crippen LogP contribution < -0.4 is 16.0 Å². The Bertz CT molecular complexity index is 628. The van der Waals surface area contributed by atoms with E-state index in [1.54, 1.807) is 13.3 Å². The third-order valence-electron chi connectivity index (χ3n) is 3.64. The van der Waals surface area contributed by atoms with Crippen LogP contribution in [-0.4, -0.2) is 17.1 Å². The van der Waals surface area contributed by atoms with Crippen molar-refractivity contribution in [1.29, 1.82) is 0 Å². The lowest BCUT2D eigenvalue weighted by Crippen LogP contribution is -2.30. The van der Waals surface area contributed by atoms with Crippen LogP contribution in [0, 0.1) is 20.8 Å². The van der Waals surface area contributed by atoms with Gasteiger partial charge in [-0.15, -0.1) is 0 Å². The monoisotopic (exact) mass is 286 g/mol. The molecular weight excluding hydrogens is 264 g/mol. The molecule has 3 N–H and O–H groups in total. The van der Waals surface area contributed by atoms with Crippen LogP contribution in [0.25, 0.3) is 0 Å². The van der Waals surface area contributed by atoms with Crippen LogP contribution in [0.3, 0.4) is 0 Å². The van der Waals surface area contributed by atoms with Crippen LogP contribution >= 0.6 is 0 Å². The van der Waals surface area contributed by atoms with Gasteiger partial charge in [0.2, 0.25) is 0 Å². The fourth-order valence-corrected chi connectivity index (χ4v) is 2.47. The molecule has 5 heteroatoms. The normalized spacial score (nSPS) is 12.2. The summed E-state index contributed by atoms with van der Waals surface area (Å²) in [4.78, 5) is 8.91. The second kappa shape index (κ2) is 6.65. The second-order valence-corrected chi connectivity index (χ2v) is 5.23. The Morgan fingerprint density at radius 2 is 2.05 bits per heavy atom.